The molecule has 0 fully saturated rings. The number of unbranched alkanes of at least 4 members (excludes halogenated alkanes) is 3. The molecule has 0 saturated carbocycles. The zero-order valence-corrected chi connectivity index (χ0v) is 16.8. The SMILES string of the molecule is CCC[CH2][Sn](/[CH]=C\C(F)(F)C(F)(F)F)([CH2]CCC)[CH2]CCC. The van der Waals surface area contributed by atoms with Crippen LogP contribution < -0.4 is 0 Å². The van der Waals surface area contributed by atoms with Crippen molar-refractivity contribution in [2.24, 2.45) is 0 Å². The van der Waals surface area contributed by atoms with Gasteiger partial charge < -0.3 is 0 Å². The van der Waals surface area contributed by atoms with Gasteiger partial charge in [0.15, 0.2) is 0 Å². The van der Waals surface area contributed by atoms with E-state index in [4.69, 9.17) is 0 Å². The monoisotopic (exact) mass is 436 g/mol. The topological polar surface area (TPSA) is 0 Å². The number of rotatable bonds is 11. The van der Waals surface area contributed by atoms with Crippen LogP contribution in [-0.2, 0) is 0 Å². The molecule has 0 aliphatic rings. The molecule has 0 aliphatic heterocycles. The average Bonchev–Trinajstić information content (AvgIpc) is 2.44. The second kappa shape index (κ2) is 10.1. The van der Waals surface area contributed by atoms with Gasteiger partial charge in [0, 0.05) is 0 Å². The van der Waals surface area contributed by atoms with Gasteiger partial charge in [-0.25, -0.2) is 0 Å². The van der Waals surface area contributed by atoms with Crippen LogP contribution in [0.4, 0.5) is 22.0 Å². The van der Waals surface area contributed by atoms with Crippen LogP contribution in [0.2, 0.25) is 13.3 Å². The van der Waals surface area contributed by atoms with E-state index in [9.17, 15) is 22.0 Å². The summed E-state index contributed by atoms with van der Waals surface area (Å²) in [4.78, 5) is 0. The Labute approximate surface area is 135 Å². The number of hydrogen-bond donors (Lipinski definition) is 0. The fourth-order valence-corrected chi connectivity index (χ4v) is 16.8. The summed E-state index contributed by atoms with van der Waals surface area (Å²) in [5.41, 5.74) is 0. The molecule has 0 radical (unpaired) electrons. The van der Waals surface area contributed by atoms with E-state index in [1.807, 2.05) is 20.8 Å². The first-order chi connectivity index (χ1) is 10.1. The van der Waals surface area contributed by atoms with Crippen molar-refractivity contribution in [3.8, 4) is 0 Å². The molecule has 6 heteroatoms. The molecule has 0 N–H and O–H groups in total. The van der Waals surface area contributed by atoms with Crippen molar-refractivity contribution in [3.63, 3.8) is 0 Å². The maximum absolute atomic E-state index is 13.2. The van der Waals surface area contributed by atoms with Gasteiger partial charge in [-0.15, -0.1) is 0 Å². The van der Waals surface area contributed by atoms with E-state index in [1.54, 1.807) is 0 Å². The van der Waals surface area contributed by atoms with E-state index in [0.29, 0.717) is 0 Å². The number of hydrogen-bond acceptors (Lipinski definition) is 0. The predicted octanol–water partition coefficient (Wildman–Crippen LogP) is 7.13. The second-order valence-electron chi connectivity index (χ2n) is 6.13. The fraction of sp³-hybridized carbons (Fsp3) is 0.875. The van der Waals surface area contributed by atoms with E-state index in [-0.39, 0.29) is 6.08 Å². The summed E-state index contributed by atoms with van der Waals surface area (Å²) in [6.45, 7) is 6.10. The van der Waals surface area contributed by atoms with Crippen LogP contribution in [0.15, 0.2) is 10.2 Å². The van der Waals surface area contributed by atoms with Crippen molar-refractivity contribution in [1.29, 1.82) is 0 Å². The van der Waals surface area contributed by atoms with Crippen LogP contribution in [0.3, 0.4) is 0 Å². The van der Waals surface area contributed by atoms with E-state index in [0.717, 1.165) is 51.8 Å². The van der Waals surface area contributed by atoms with Crippen LogP contribution in [-0.4, -0.2) is 30.5 Å². The molecule has 0 amide bonds. The summed E-state index contributed by atoms with van der Waals surface area (Å²) >= 11 is -3.07. The zero-order valence-electron chi connectivity index (χ0n) is 13.9. The zero-order chi connectivity index (χ0) is 17.3. The first kappa shape index (κ1) is 22.2. The van der Waals surface area contributed by atoms with Crippen LogP contribution in [0.1, 0.15) is 59.3 Å². The molecular formula is C16H29F5Sn. The Kier molecular flexibility index (Phi) is 10.2. The Bertz CT molecular complexity index is 301. The molecular weight excluding hydrogens is 406 g/mol. The number of allylic oxidation sites excluding steroid dienone is 1. The molecule has 0 atom stereocenters. The minimum atomic E-state index is -5.48. The Morgan fingerprint density at radius 3 is 1.36 bits per heavy atom. The van der Waals surface area contributed by atoms with Crippen molar-refractivity contribution >= 4 is 18.4 Å². The van der Waals surface area contributed by atoms with Gasteiger partial charge in [0.05, 0.1) is 0 Å². The molecule has 132 valence electrons. The quantitative estimate of drug-likeness (QED) is 0.239. The van der Waals surface area contributed by atoms with Crippen molar-refractivity contribution in [1.82, 2.24) is 0 Å². The third kappa shape index (κ3) is 7.64. The summed E-state index contributed by atoms with van der Waals surface area (Å²) in [6, 6.07) is 0. The standard InChI is InChI=1S/C4H2F5.3C4H9.Sn/c1-2-3(5,6)4(7,8)9;3*1-3-4-2;/h1-2H;3*1,3-4H2,2H3;. The molecule has 0 nitrogen and oxygen atoms in total. The van der Waals surface area contributed by atoms with Crippen molar-refractivity contribution in [3.05, 3.63) is 10.2 Å². The molecule has 0 aromatic rings. The van der Waals surface area contributed by atoms with E-state index in [2.05, 4.69) is 0 Å². The Morgan fingerprint density at radius 2 is 1.09 bits per heavy atom. The molecule has 22 heavy (non-hydrogen) atoms. The van der Waals surface area contributed by atoms with Gasteiger partial charge in [-0.3, -0.25) is 0 Å². The predicted molar refractivity (Wildman–Crippen MR) is 85.0 cm³/mol. The van der Waals surface area contributed by atoms with Gasteiger partial charge in [0.2, 0.25) is 0 Å². The molecule has 0 aromatic heterocycles. The Morgan fingerprint density at radius 1 is 0.727 bits per heavy atom. The number of halogens is 5. The summed E-state index contributed by atoms with van der Waals surface area (Å²) < 4.78 is 67.7. The van der Waals surface area contributed by atoms with Crippen molar-refractivity contribution < 1.29 is 22.0 Å². The minimum absolute atomic E-state index is 0.185. The van der Waals surface area contributed by atoms with Crippen LogP contribution in [0.25, 0.3) is 0 Å². The normalized spacial score (nSPS) is 14.0. The fourth-order valence-electron chi connectivity index (χ4n) is 2.59. The molecule has 0 aromatic carbocycles. The number of alkyl halides is 5. The summed E-state index contributed by atoms with van der Waals surface area (Å²) in [5.74, 6) is -4.69. The molecule has 0 heterocycles. The first-order valence-corrected chi connectivity index (χ1v) is 16.0. The van der Waals surface area contributed by atoms with Gasteiger partial charge in [-0.1, -0.05) is 0 Å². The third-order valence-corrected chi connectivity index (χ3v) is 18.2. The van der Waals surface area contributed by atoms with E-state index < -0.39 is 30.5 Å². The molecule has 0 saturated heterocycles. The van der Waals surface area contributed by atoms with Gasteiger partial charge in [-0.05, 0) is 0 Å². The second-order valence-corrected chi connectivity index (χ2v) is 19.1. The van der Waals surface area contributed by atoms with Gasteiger partial charge in [0.25, 0.3) is 0 Å². The molecule has 0 bridgehead atoms. The Balaban J connectivity index is 5.31. The molecule has 0 spiro atoms. The van der Waals surface area contributed by atoms with Gasteiger partial charge in [0.1, 0.15) is 0 Å². The van der Waals surface area contributed by atoms with Crippen LogP contribution in [0.5, 0.6) is 0 Å². The van der Waals surface area contributed by atoms with E-state index >= 15 is 0 Å². The maximum atomic E-state index is 13.2. The Hall–Kier alpha value is 0.189. The first-order valence-electron chi connectivity index (χ1n) is 8.29. The molecule has 0 rings (SSSR count). The van der Waals surface area contributed by atoms with Crippen molar-refractivity contribution in [2.75, 3.05) is 0 Å². The molecule has 0 aliphatic carbocycles. The van der Waals surface area contributed by atoms with Gasteiger partial charge in [-0.2, -0.15) is 0 Å². The van der Waals surface area contributed by atoms with Crippen LogP contribution in [0, 0.1) is 0 Å². The average molecular weight is 435 g/mol. The van der Waals surface area contributed by atoms with Crippen LogP contribution >= 0.6 is 0 Å². The summed E-state index contributed by atoms with van der Waals surface area (Å²) in [6.07, 6.45) is 0.384. The van der Waals surface area contributed by atoms with Crippen molar-refractivity contribution in [2.45, 2.75) is 84.7 Å². The van der Waals surface area contributed by atoms with E-state index in [1.165, 1.54) is 4.09 Å². The third-order valence-electron chi connectivity index (χ3n) is 4.11. The molecule has 0 unspecified atom stereocenters. The summed E-state index contributed by atoms with van der Waals surface area (Å²) in [5, 5.41) is 0. The summed E-state index contributed by atoms with van der Waals surface area (Å²) in [7, 11) is 0. The van der Waals surface area contributed by atoms with Gasteiger partial charge >= 0.3 is 135 Å².